The van der Waals surface area contributed by atoms with Gasteiger partial charge >= 0.3 is 0 Å². The van der Waals surface area contributed by atoms with Gasteiger partial charge in [0, 0.05) is 29.8 Å². The summed E-state index contributed by atoms with van der Waals surface area (Å²) in [4.78, 5) is 2.48. The molecule has 1 aromatic rings. The van der Waals surface area contributed by atoms with Crippen LogP contribution in [0, 0.1) is 5.92 Å². The third kappa shape index (κ3) is 4.13. The number of nitrogens with zero attached hydrogens (tertiary/aromatic N) is 1. The fourth-order valence-electron chi connectivity index (χ4n) is 3.08. The molecule has 0 bridgehead atoms. The van der Waals surface area contributed by atoms with Crippen molar-refractivity contribution in [2.45, 2.75) is 52.0 Å². The van der Waals surface area contributed by atoms with Crippen molar-refractivity contribution in [1.29, 1.82) is 0 Å². The topological polar surface area (TPSA) is 29.3 Å². The summed E-state index contributed by atoms with van der Waals surface area (Å²) in [5, 5.41) is 0.857. The van der Waals surface area contributed by atoms with Gasteiger partial charge in [0.2, 0.25) is 0 Å². The molecule has 0 saturated carbocycles. The summed E-state index contributed by atoms with van der Waals surface area (Å²) in [5.74, 6) is 0.896. The lowest BCUT2D eigenvalue weighted by Crippen LogP contribution is -2.24. The summed E-state index contributed by atoms with van der Waals surface area (Å²) in [6.45, 7) is 6.63. The highest BCUT2D eigenvalue weighted by molar-refractivity contribution is 6.31. The van der Waals surface area contributed by atoms with E-state index in [0.717, 1.165) is 36.0 Å². The van der Waals surface area contributed by atoms with E-state index in [-0.39, 0.29) is 6.04 Å². The SMILES string of the molecule is CCC1CCCN(c2ccc(CC(C)N)c(Cl)c2)CC1. The Hall–Kier alpha value is -0.730. The van der Waals surface area contributed by atoms with Gasteiger partial charge in [0.15, 0.2) is 0 Å². The molecule has 1 aromatic carbocycles. The molecule has 0 aromatic heterocycles. The largest absolute Gasteiger partial charge is 0.371 e. The van der Waals surface area contributed by atoms with Crippen molar-refractivity contribution in [2.24, 2.45) is 11.7 Å². The molecular weight excluding hydrogens is 268 g/mol. The monoisotopic (exact) mass is 294 g/mol. The van der Waals surface area contributed by atoms with Crippen molar-refractivity contribution in [3.63, 3.8) is 0 Å². The summed E-state index contributed by atoms with van der Waals surface area (Å²) < 4.78 is 0. The minimum Gasteiger partial charge on any atom is -0.371 e. The van der Waals surface area contributed by atoms with E-state index in [9.17, 15) is 0 Å². The van der Waals surface area contributed by atoms with Crippen LogP contribution in [-0.2, 0) is 6.42 Å². The second-order valence-corrected chi connectivity index (χ2v) is 6.56. The van der Waals surface area contributed by atoms with Gasteiger partial charge in [-0.15, -0.1) is 0 Å². The molecule has 2 rings (SSSR count). The maximum atomic E-state index is 6.41. The number of rotatable bonds is 4. The van der Waals surface area contributed by atoms with Crippen LogP contribution in [0.1, 0.15) is 45.1 Å². The zero-order chi connectivity index (χ0) is 14.5. The van der Waals surface area contributed by atoms with Gasteiger partial charge in [-0.3, -0.25) is 0 Å². The number of nitrogens with two attached hydrogens (primary N) is 1. The van der Waals surface area contributed by atoms with Crippen LogP contribution in [0.25, 0.3) is 0 Å². The Morgan fingerprint density at radius 3 is 2.80 bits per heavy atom. The zero-order valence-electron chi connectivity index (χ0n) is 12.7. The van der Waals surface area contributed by atoms with Crippen molar-refractivity contribution >= 4 is 17.3 Å². The Labute approximate surface area is 128 Å². The second-order valence-electron chi connectivity index (χ2n) is 6.15. The number of benzene rings is 1. The minimum atomic E-state index is 0.154. The van der Waals surface area contributed by atoms with Crippen LogP contribution in [0.4, 0.5) is 5.69 Å². The number of hydrogen-bond acceptors (Lipinski definition) is 2. The number of anilines is 1. The molecule has 112 valence electrons. The summed E-state index contributed by atoms with van der Waals surface area (Å²) in [7, 11) is 0. The normalized spacial score (nSPS) is 21.6. The fraction of sp³-hybridized carbons (Fsp3) is 0.647. The summed E-state index contributed by atoms with van der Waals surface area (Å²) >= 11 is 6.41. The quantitative estimate of drug-likeness (QED) is 0.899. The standard InChI is InChI=1S/C17H27ClN2/c1-3-14-5-4-9-20(10-8-14)16-7-6-15(11-13(2)19)17(18)12-16/h6-7,12-14H,3-5,8-11,19H2,1-2H3. The van der Waals surface area contributed by atoms with E-state index in [1.54, 1.807) is 0 Å². The highest BCUT2D eigenvalue weighted by Gasteiger charge is 2.16. The van der Waals surface area contributed by atoms with Gasteiger partial charge in [-0.05, 0) is 56.2 Å². The van der Waals surface area contributed by atoms with Crippen LogP contribution in [0.2, 0.25) is 5.02 Å². The van der Waals surface area contributed by atoms with E-state index in [4.69, 9.17) is 17.3 Å². The van der Waals surface area contributed by atoms with Gasteiger partial charge in [0.05, 0.1) is 0 Å². The van der Waals surface area contributed by atoms with Crippen LogP contribution in [0.3, 0.4) is 0 Å². The second kappa shape index (κ2) is 7.33. The highest BCUT2D eigenvalue weighted by atomic mass is 35.5. The van der Waals surface area contributed by atoms with Crippen LogP contribution in [-0.4, -0.2) is 19.1 Å². The van der Waals surface area contributed by atoms with Crippen LogP contribution in [0.15, 0.2) is 18.2 Å². The number of halogens is 1. The van der Waals surface area contributed by atoms with Crippen molar-refractivity contribution in [3.05, 3.63) is 28.8 Å². The molecule has 1 aliphatic heterocycles. The molecule has 20 heavy (non-hydrogen) atoms. The molecule has 1 aliphatic rings. The van der Waals surface area contributed by atoms with Crippen molar-refractivity contribution in [3.8, 4) is 0 Å². The molecule has 1 saturated heterocycles. The highest BCUT2D eigenvalue weighted by Crippen LogP contribution is 2.28. The Morgan fingerprint density at radius 1 is 1.35 bits per heavy atom. The fourth-order valence-corrected chi connectivity index (χ4v) is 3.33. The maximum absolute atomic E-state index is 6.41. The first kappa shape index (κ1) is 15.7. The first-order valence-electron chi connectivity index (χ1n) is 7.89. The van der Waals surface area contributed by atoms with Crippen LogP contribution >= 0.6 is 11.6 Å². The molecule has 1 heterocycles. The zero-order valence-corrected chi connectivity index (χ0v) is 13.5. The third-order valence-electron chi connectivity index (χ3n) is 4.37. The first-order valence-corrected chi connectivity index (χ1v) is 8.27. The molecule has 2 unspecified atom stereocenters. The van der Waals surface area contributed by atoms with E-state index < -0.39 is 0 Å². The van der Waals surface area contributed by atoms with E-state index in [1.165, 1.54) is 31.4 Å². The van der Waals surface area contributed by atoms with Gasteiger partial charge in [-0.2, -0.15) is 0 Å². The van der Waals surface area contributed by atoms with Gasteiger partial charge < -0.3 is 10.6 Å². The Bertz CT molecular complexity index is 431. The average molecular weight is 295 g/mol. The van der Waals surface area contributed by atoms with E-state index in [1.807, 2.05) is 6.92 Å². The molecular formula is C17H27ClN2. The third-order valence-corrected chi connectivity index (χ3v) is 4.72. The minimum absolute atomic E-state index is 0.154. The van der Waals surface area contributed by atoms with Gasteiger partial charge in [-0.25, -0.2) is 0 Å². The predicted molar refractivity (Wildman–Crippen MR) is 88.7 cm³/mol. The molecule has 3 heteroatoms. The molecule has 0 spiro atoms. The van der Waals surface area contributed by atoms with Gasteiger partial charge in [0.25, 0.3) is 0 Å². The van der Waals surface area contributed by atoms with Gasteiger partial charge in [0.1, 0.15) is 0 Å². The van der Waals surface area contributed by atoms with Crippen LogP contribution < -0.4 is 10.6 Å². The summed E-state index contributed by atoms with van der Waals surface area (Å²) in [6, 6.07) is 6.62. The Kier molecular flexibility index (Phi) is 5.74. The van der Waals surface area contributed by atoms with E-state index >= 15 is 0 Å². The van der Waals surface area contributed by atoms with Crippen LogP contribution in [0.5, 0.6) is 0 Å². The Balaban J connectivity index is 2.07. The summed E-state index contributed by atoms with van der Waals surface area (Å²) in [5.41, 5.74) is 8.28. The van der Waals surface area contributed by atoms with Crippen molar-refractivity contribution in [2.75, 3.05) is 18.0 Å². The van der Waals surface area contributed by atoms with Crippen molar-refractivity contribution < 1.29 is 0 Å². The molecule has 0 radical (unpaired) electrons. The molecule has 2 N–H and O–H groups in total. The van der Waals surface area contributed by atoms with Gasteiger partial charge in [-0.1, -0.05) is 31.0 Å². The molecule has 2 atom stereocenters. The van der Waals surface area contributed by atoms with Crippen molar-refractivity contribution in [1.82, 2.24) is 0 Å². The molecule has 0 amide bonds. The van der Waals surface area contributed by atoms with E-state index in [0.29, 0.717) is 0 Å². The predicted octanol–water partition coefficient (Wildman–Crippen LogP) is 4.25. The smallest absolute Gasteiger partial charge is 0.0459 e. The number of hydrogen-bond donors (Lipinski definition) is 1. The maximum Gasteiger partial charge on any atom is 0.0459 e. The lowest BCUT2D eigenvalue weighted by Gasteiger charge is -2.24. The van der Waals surface area contributed by atoms with E-state index in [2.05, 4.69) is 30.0 Å². The summed E-state index contributed by atoms with van der Waals surface area (Å²) in [6.07, 6.45) is 6.11. The lowest BCUT2D eigenvalue weighted by atomic mass is 9.98. The Morgan fingerprint density at radius 2 is 2.15 bits per heavy atom. The average Bonchev–Trinajstić information content (AvgIpc) is 2.66. The molecule has 0 aliphatic carbocycles. The molecule has 1 fully saturated rings. The molecule has 2 nitrogen and oxygen atoms in total. The lowest BCUT2D eigenvalue weighted by molar-refractivity contribution is 0.459. The first-order chi connectivity index (χ1) is 9.60.